The van der Waals surface area contributed by atoms with E-state index in [4.69, 9.17) is 0 Å². The van der Waals surface area contributed by atoms with Crippen molar-refractivity contribution in [1.82, 2.24) is 9.88 Å². The Morgan fingerprint density at radius 1 is 1.53 bits per heavy atom. The maximum atomic E-state index is 12.9. The molecule has 0 N–H and O–H groups in total. The monoisotopic (exact) mass is 272 g/mol. The van der Waals surface area contributed by atoms with Crippen LogP contribution in [0.25, 0.3) is 0 Å². The van der Waals surface area contributed by atoms with Crippen molar-refractivity contribution in [2.24, 2.45) is 0 Å². The zero-order valence-corrected chi connectivity index (χ0v) is 10.6. The maximum Gasteiger partial charge on any atom is 0.245 e. The number of halogens is 3. The first-order valence-electron chi connectivity index (χ1n) is 6.12. The molecule has 0 aromatic carbocycles. The third-order valence-electron chi connectivity index (χ3n) is 3.23. The van der Waals surface area contributed by atoms with Gasteiger partial charge in [-0.25, -0.2) is 13.8 Å². The van der Waals surface area contributed by atoms with Crippen LogP contribution in [0.1, 0.15) is 31.2 Å². The molecule has 2 rings (SSSR count). The van der Waals surface area contributed by atoms with E-state index in [1.807, 2.05) is 0 Å². The summed E-state index contributed by atoms with van der Waals surface area (Å²) >= 11 is 0. The van der Waals surface area contributed by atoms with Crippen LogP contribution in [-0.2, 0) is 4.79 Å². The van der Waals surface area contributed by atoms with Gasteiger partial charge in [0, 0.05) is 38.0 Å². The van der Waals surface area contributed by atoms with Crippen LogP contribution in [0.3, 0.4) is 0 Å². The lowest BCUT2D eigenvalue weighted by molar-refractivity contribution is -0.137. The Hall–Kier alpha value is -1.59. The van der Waals surface area contributed by atoms with Gasteiger partial charge in [-0.15, -0.1) is 0 Å². The number of nitrogens with zero attached hydrogens (tertiary/aromatic N) is 2. The van der Waals surface area contributed by atoms with Gasteiger partial charge in [0.25, 0.3) is 0 Å². The summed E-state index contributed by atoms with van der Waals surface area (Å²) in [6.07, 6.45) is 0.796. The number of hydrogen-bond donors (Lipinski definition) is 0. The van der Waals surface area contributed by atoms with Crippen LogP contribution in [0, 0.1) is 5.95 Å². The Bertz CT molecular complexity index is 467. The van der Waals surface area contributed by atoms with E-state index in [1.54, 1.807) is 6.07 Å². The number of aromatic nitrogens is 1. The average Bonchev–Trinajstić information content (AvgIpc) is 2.23. The van der Waals surface area contributed by atoms with Crippen LogP contribution in [0.2, 0.25) is 0 Å². The normalized spacial score (nSPS) is 16.3. The minimum atomic E-state index is -2.81. The van der Waals surface area contributed by atoms with Crippen molar-refractivity contribution in [1.29, 1.82) is 0 Å². The number of carbonyl (C=O) groups excluding carboxylic acids is 1. The number of carbonyl (C=O) groups is 1. The molecule has 0 saturated carbocycles. The zero-order valence-electron chi connectivity index (χ0n) is 10.6. The molecule has 104 valence electrons. The second-order valence-electron chi connectivity index (χ2n) is 4.98. The van der Waals surface area contributed by atoms with E-state index in [9.17, 15) is 18.0 Å². The third-order valence-corrected chi connectivity index (χ3v) is 3.23. The van der Waals surface area contributed by atoms with Crippen LogP contribution in [-0.4, -0.2) is 34.8 Å². The molecule has 6 heteroatoms. The van der Waals surface area contributed by atoms with Gasteiger partial charge in [-0.3, -0.25) is 4.79 Å². The molecule has 1 aromatic rings. The first kappa shape index (κ1) is 13.8. The van der Waals surface area contributed by atoms with Crippen molar-refractivity contribution in [3.63, 3.8) is 0 Å². The first-order chi connectivity index (χ1) is 8.85. The van der Waals surface area contributed by atoms with Crippen LogP contribution >= 0.6 is 0 Å². The molecule has 3 nitrogen and oxygen atoms in total. The minimum absolute atomic E-state index is 0.0728. The van der Waals surface area contributed by atoms with Crippen LogP contribution in [0.5, 0.6) is 0 Å². The second-order valence-corrected chi connectivity index (χ2v) is 4.98. The lowest BCUT2D eigenvalue weighted by Gasteiger charge is -2.39. The molecule has 0 radical (unpaired) electrons. The Morgan fingerprint density at radius 3 is 2.79 bits per heavy atom. The molecule has 19 heavy (non-hydrogen) atoms. The summed E-state index contributed by atoms with van der Waals surface area (Å²) in [5.74, 6) is -3.56. The lowest BCUT2D eigenvalue weighted by Crippen LogP contribution is -2.48. The van der Waals surface area contributed by atoms with Crippen molar-refractivity contribution in [2.45, 2.75) is 31.6 Å². The quantitative estimate of drug-likeness (QED) is 0.789. The van der Waals surface area contributed by atoms with Crippen LogP contribution in [0.15, 0.2) is 18.3 Å². The summed E-state index contributed by atoms with van der Waals surface area (Å²) < 4.78 is 38.2. The molecule has 0 bridgehead atoms. The van der Waals surface area contributed by atoms with Gasteiger partial charge in [-0.2, -0.15) is 4.39 Å². The summed E-state index contributed by atoms with van der Waals surface area (Å²) in [6.45, 7) is 1.72. The molecule has 1 aliphatic rings. The number of amides is 1. The van der Waals surface area contributed by atoms with E-state index in [0.717, 1.165) is 12.5 Å². The van der Waals surface area contributed by atoms with Gasteiger partial charge in [0.05, 0.1) is 0 Å². The summed E-state index contributed by atoms with van der Waals surface area (Å²) in [7, 11) is 0. The molecule has 0 atom stereocenters. The highest BCUT2D eigenvalue weighted by molar-refractivity contribution is 5.77. The molecule has 0 spiro atoms. The molecule has 1 aliphatic heterocycles. The Morgan fingerprint density at radius 2 is 2.21 bits per heavy atom. The van der Waals surface area contributed by atoms with Crippen molar-refractivity contribution in [2.75, 3.05) is 13.1 Å². The predicted molar refractivity (Wildman–Crippen MR) is 63.4 cm³/mol. The average molecular weight is 272 g/mol. The maximum absolute atomic E-state index is 12.9. The molecule has 1 amide bonds. The predicted octanol–water partition coefficient (Wildman–Crippen LogP) is 2.58. The van der Waals surface area contributed by atoms with Crippen molar-refractivity contribution >= 4 is 5.91 Å². The highest BCUT2D eigenvalue weighted by Crippen LogP contribution is 2.28. The van der Waals surface area contributed by atoms with Crippen molar-refractivity contribution in [3.8, 4) is 0 Å². The molecule has 1 saturated heterocycles. The van der Waals surface area contributed by atoms with Gasteiger partial charge in [-0.05, 0) is 24.6 Å². The van der Waals surface area contributed by atoms with E-state index in [1.165, 1.54) is 17.2 Å². The lowest BCUT2D eigenvalue weighted by atomic mass is 9.91. The Balaban J connectivity index is 1.81. The van der Waals surface area contributed by atoms with E-state index in [0.29, 0.717) is 13.1 Å². The smallest absolute Gasteiger partial charge is 0.245 e. The number of rotatable bonds is 4. The second kappa shape index (κ2) is 5.19. The number of hydrogen-bond acceptors (Lipinski definition) is 2. The fourth-order valence-electron chi connectivity index (χ4n) is 2.05. The van der Waals surface area contributed by atoms with E-state index >= 15 is 0 Å². The topological polar surface area (TPSA) is 33.2 Å². The molecular formula is C13H15F3N2O. The Labute approximate surface area is 109 Å². The van der Waals surface area contributed by atoms with Gasteiger partial charge in [0.2, 0.25) is 17.8 Å². The summed E-state index contributed by atoms with van der Waals surface area (Å²) in [5, 5.41) is 0. The van der Waals surface area contributed by atoms with E-state index in [2.05, 4.69) is 4.98 Å². The van der Waals surface area contributed by atoms with Gasteiger partial charge in [0.1, 0.15) is 0 Å². The first-order valence-corrected chi connectivity index (χ1v) is 6.12. The summed E-state index contributed by atoms with van der Waals surface area (Å²) in [4.78, 5) is 16.6. The molecule has 2 heterocycles. The fraction of sp³-hybridized carbons (Fsp3) is 0.538. The van der Waals surface area contributed by atoms with E-state index < -0.39 is 18.3 Å². The molecular weight excluding hydrogens is 257 g/mol. The number of alkyl halides is 2. The summed E-state index contributed by atoms with van der Waals surface area (Å²) in [5.41, 5.74) is 0.789. The fourth-order valence-corrected chi connectivity index (χ4v) is 2.05. The van der Waals surface area contributed by atoms with Crippen molar-refractivity contribution in [3.05, 3.63) is 29.8 Å². The van der Waals surface area contributed by atoms with Crippen LogP contribution in [0.4, 0.5) is 13.2 Å². The van der Waals surface area contributed by atoms with Gasteiger partial charge in [0.15, 0.2) is 0 Å². The Kier molecular flexibility index (Phi) is 3.78. The number of likely N-dealkylation sites (tertiary alicyclic amines) is 1. The van der Waals surface area contributed by atoms with Gasteiger partial charge >= 0.3 is 0 Å². The highest BCUT2D eigenvalue weighted by Gasteiger charge is 2.33. The largest absolute Gasteiger partial charge is 0.341 e. The van der Waals surface area contributed by atoms with Gasteiger partial charge in [-0.1, -0.05) is 0 Å². The SMILES string of the molecule is CC(F)(F)CCC(=O)N1CC(c2ccnc(F)c2)C1. The highest BCUT2D eigenvalue weighted by atomic mass is 19.3. The molecule has 1 aromatic heterocycles. The number of pyridine rings is 1. The standard InChI is InChI=1S/C13H15F3N2O/c1-13(15,16)4-2-12(19)18-7-10(8-18)9-3-5-17-11(14)6-9/h3,5-6,10H,2,4,7-8H2,1H3. The van der Waals surface area contributed by atoms with E-state index in [-0.39, 0.29) is 18.2 Å². The van der Waals surface area contributed by atoms with Crippen molar-refractivity contribution < 1.29 is 18.0 Å². The zero-order chi connectivity index (χ0) is 14.0. The molecule has 1 fully saturated rings. The summed E-state index contributed by atoms with van der Waals surface area (Å²) in [6, 6.07) is 3.04. The molecule has 0 unspecified atom stereocenters. The van der Waals surface area contributed by atoms with Crippen LogP contribution < -0.4 is 0 Å². The minimum Gasteiger partial charge on any atom is -0.341 e. The molecule has 0 aliphatic carbocycles. The van der Waals surface area contributed by atoms with Gasteiger partial charge < -0.3 is 4.90 Å². The third kappa shape index (κ3) is 3.68.